The average molecular weight is 288 g/mol. The van der Waals surface area contributed by atoms with Gasteiger partial charge in [0.2, 0.25) is 0 Å². The van der Waals surface area contributed by atoms with Crippen molar-refractivity contribution in [2.45, 2.75) is 33.1 Å². The SMILES string of the molecule is CCc1c(C(=O)O)c(C(C)C)nn1-c1ccc(OC)cc1. The summed E-state index contributed by atoms with van der Waals surface area (Å²) in [6, 6.07) is 7.43. The molecule has 0 radical (unpaired) electrons. The standard InChI is InChI=1S/C16H20N2O3/c1-5-13-14(16(19)20)15(10(2)3)17-18(13)11-6-8-12(21-4)9-7-11/h6-10H,5H2,1-4H3,(H,19,20). The molecule has 1 aromatic heterocycles. The monoisotopic (exact) mass is 288 g/mol. The minimum Gasteiger partial charge on any atom is -0.497 e. The van der Waals surface area contributed by atoms with Gasteiger partial charge in [-0.25, -0.2) is 9.48 Å². The second-order valence-corrected chi connectivity index (χ2v) is 5.13. The number of benzene rings is 1. The molecule has 1 heterocycles. The molecule has 1 aromatic carbocycles. The van der Waals surface area contributed by atoms with Gasteiger partial charge in [-0.2, -0.15) is 5.10 Å². The Kier molecular flexibility index (Phi) is 4.31. The van der Waals surface area contributed by atoms with Crippen molar-refractivity contribution in [1.29, 1.82) is 0 Å². The molecule has 0 saturated heterocycles. The van der Waals surface area contributed by atoms with Gasteiger partial charge in [0.1, 0.15) is 11.3 Å². The number of aromatic nitrogens is 2. The van der Waals surface area contributed by atoms with Crippen molar-refractivity contribution in [2.24, 2.45) is 0 Å². The summed E-state index contributed by atoms with van der Waals surface area (Å²) in [6.45, 7) is 5.84. The van der Waals surface area contributed by atoms with Gasteiger partial charge in [0.15, 0.2) is 0 Å². The molecule has 0 amide bonds. The molecule has 0 atom stereocenters. The van der Waals surface area contributed by atoms with E-state index in [-0.39, 0.29) is 5.92 Å². The Balaban J connectivity index is 2.62. The molecule has 0 saturated carbocycles. The molecule has 0 unspecified atom stereocenters. The lowest BCUT2D eigenvalue weighted by Crippen LogP contribution is -2.06. The van der Waals surface area contributed by atoms with Crippen LogP contribution in [0.1, 0.15) is 48.4 Å². The molecular formula is C16H20N2O3. The van der Waals surface area contributed by atoms with E-state index < -0.39 is 5.97 Å². The molecule has 0 aliphatic heterocycles. The van der Waals surface area contributed by atoms with E-state index in [1.54, 1.807) is 11.8 Å². The average Bonchev–Trinajstić information content (AvgIpc) is 2.87. The smallest absolute Gasteiger partial charge is 0.339 e. The summed E-state index contributed by atoms with van der Waals surface area (Å²) in [6.07, 6.45) is 0.605. The van der Waals surface area contributed by atoms with E-state index in [4.69, 9.17) is 4.74 Å². The largest absolute Gasteiger partial charge is 0.497 e. The minimum absolute atomic E-state index is 0.0564. The number of rotatable bonds is 5. The predicted octanol–water partition coefficient (Wildman–Crippen LogP) is 3.26. The summed E-state index contributed by atoms with van der Waals surface area (Å²) >= 11 is 0. The molecule has 0 aliphatic rings. The summed E-state index contributed by atoms with van der Waals surface area (Å²) < 4.78 is 6.86. The quantitative estimate of drug-likeness (QED) is 0.917. The van der Waals surface area contributed by atoms with Gasteiger partial charge in [0.05, 0.1) is 24.2 Å². The van der Waals surface area contributed by atoms with E-state index in [9.17, 15) is 9.90 Å². The first kappa shape index (κ1) is 15.1. The van der Waals surface area contributed by atoms with Crippen molar-refractivity contribution in [1.82, 2.24) is 9.78 Å². The summed E-state index contributed by atoms with van der Waals surface area (Å²) in [4.78, 5) is 11.6. The van der Waals surface area contributed by atoms with Crippen LogP contribution in [0.3, 0.4) is 0 Å². The highest BCUT2D eigenvalue weighted by atomic mass is 16.5. The third kappa shape index (κ3) is 2.77. The number of ether oxygens (including phenoxy) is 1. The lowest BCUT2D eigenvalue weighted by Gasteiger charge is -2.07. The topological polar surface area (TPSA) is 64.3 Å². The fraction of sp³-hybridized carbons (Fsp3) is 0.375. The maximum atomic E-state index is 11.6. The van der Waals surface area contributed by atoms with Crippen LogP contribution in [0.15, 0.2) is 24.3 Å². The van der Waals surface area contributed by atoms with E-state index in [0.29, 0.717) is 17.7 Å². The number of hydrogen-bond donors (Lipinski definition) is 1. The number of carboxylic acids is 1. The van der Waals surface area contributed by atoms with E-state index >= 15 is 0 Å². The lowest BCUT2D eigenvalue weighted by molar-refractivity contribution is 0.0694. The number of carboxylic acid groups (broad SMARTS) is 1. The number of nitrogens with zero attached hydrogens (tertiary/aromatic N) is 2. The Labute approximate surface area is 124 Å². The van der Waals surface area contributed by atoms with E-state index in [1.165, 1.54) is 0 Å². The van der Waals surface area contributed by atoms with Crippen molar-refractivity contribution in [3.05, 3.63) is 41.2 Å². The molecule has 5 nitrogen and oxygen atoms in total. The van der Waals surface area contributed by atoms with Crippen LogP contribution < -0.4 is 4.74 Å². The van der Waals surface area contributed by atoms with Gasteiger partial charge in [-0.15, -0.1) is 0 Å². The second-order valence-electron chi connectivity index (χ2n) is 5.13. The highest BCUT2D eigenvalue weighted by Crippen LogP contribution is 2.26. The molecule has 5 heteroatoms. The number of aromatic carboxylic acids is 1. The van der Waals surface area contributed by atoms with Gasteiger partial charge < -0.3 is 9.84 Å². The van der Waals surface area contributed by atoms with Crippen molar-refractivity contribution < 1.29 is 14.6 Å². The predicted molar refractivity (Wildman–Crippen MR) is 80.5 cm³/mol. The van der Waals surface area contributed by atoms with E-state index in [1.807, 2.05) is 45.0 Å². The van der Waals surface area contributed by atoms with E-state index in [2.05, 4.69) is 5.10 Å². The molecule has 0 spiro atoms. The normalized spacial score (nSPS) is 10.9. The van der Waals surface area contributed by atoms with Crippen LogP contribution in [0.5, 0.6) is 5.75 Å². The van der Waals surface area contributed by atoms with Crippen molar-refractivity contribution in [2.75, 3.05) is 7.11 Å². The van der Waals surface area contributed by atoms with Crippen molar-refractivity contribution in [3.8, 4) is 11.4 Å². The minimum atomic E-state index is -0.921. The maximum Gasteiger partial charge on any atom is 0.339 e. The Bertz CT molecular complexity index is 642. The van der Waals surface area contributed by atoms with Crippen LogP contribution in [0.4, 0.5) is 0 Å². The van der Waals surface area contributed by atoms with Gasteiger partial charge in [0, 0.05) is 0 Å². The van der Waals surface area contributed by atoms with Gasteiger partial charge >= 0.3 is 5.97 Å². The van der Waals surface area contributed by atoms with Crippen LogP contribution in [-0.2, 0) is 6.42 Å². The second kappa shape index (κ2) is 5.99. The zero-order chi connectivity index (χ0) is 15.6. The summed E-state index contributed by atoms with van der Waals surface area (Å²) in [5.74, 6) is -0.109. The fourth-order valence-corrected chi connectivity index (χ4v) is 2.37. The molecule has 2 aromatic rings. The lowest BCUT2D eigenvalue weighted by atomic mass is 10.0. The molecule has 0 aliphatic carbocycles. The van der Waals surface area contributed by atoms with Crippen molar-refractivity contribution in [3.63, 3.8) is 0 Å². The number of hydrogen-bond acceptors (Lipinski definition) is 3. The van der Waals surface area contributed by atoms with Crippen molar-refractivity contribution >= 4 is 5.97 Å². The molecule has 1 N–H and O–H groups in total. The molecule has 0 bridgehead atoms. The first-order chi connectivity index (χ1) is 9.99. The summed E-state index contributed by atoms with van der Waals surface area (Å²) in [7, 11) is 1.61. The van der Waals surface area contributed by atoms with Gasteiger partial charge in [-0.1, -0.05) is 20.8 Å². The molecule has 0 fully saturated rings. The Morgan fingerprint density at radius 1 is 1.33 bits per heavy atom. The van der Waals surface area contributed by atoms with Gasteiger partial charge in [-0.3, -0.25) is 0 Å². The Hall–Kier alpha value is -2.30. The summed E-state index contributed by atoms with van der Waals surface area (Å²) in [5.41, 5.74) is 2.50. The summed E-state index contributed by atoms with van der Waals surface area (Å²) in [5, 5.41) is 14.0. The maximum absolute atomic E-state index is 11.6. The van der Waals surface area contributed by atoms with Gasteiger partial charge in [0.25, 0.3) is 0 Å². The van der Waals surface area contributed by atoms with Crippen LogP contribution in [0.2, 0.25) is 0 Å². The van der Waals surface area contributed by atoms with Gasteiger partial charge in [-0.05, 0) is 36.6 Å². The Morgan fingerprint density at radius 2 is 1.95 bits per heavy atom. The molecular weight excluding hydrogens is 268 g/mol. The molecule has 21 heavy (non-hydrogen) atoms. The first-order valence-electron chi connectivity index (χ1n) is 6.99. The third-order valence-electron chi connectivity index (χ3n) is 3.42. The zero-order valence-electron chi connectivity index (χ0n) is 12.8. The third-order valence-corrected chi connectivity index (χ3v) is 3.42. The molecule has 2 rings (SSSR count). The highest BCUT2D eigenvalue weighted by molar-refractivity contribution is 5.90. The zero-order valence-corrected chi connectivity index (χ0v) is 12.8. The van der Waals surface area contributed by atoms with Crippen LogP contribution >= 0.6 is 0 Å². The Morgan fingerprint density at radius 3 is 2.38 bits per heavy atom. The van der Waals surface area contributed by atoms with Crippen LogP contribution in [-0.4, -0.2) is 28.0 Å². The highest BCUT2D eigenvalue weighted by Gasteiger charge is 2.24. The van der Waals surface area contributed by atoms with E-state index in [0.717, 1.165) is 17.1 Å². The van der Waals surface area contributed by atoms with Crippen LogP contribution in [0.25, 0.3) is 5.69 Å². The fourth-order valence-electron chi connectivity index (χ4n) is 2.37. The molecule has 112 valence electrons. The first-order valence-corrected chi connectivity index (χ1v) is 6.99. The number of methoxy groups -OCH3 is 1. The van der Waals surface area contributed by atoms with Crippen LogP contribution in [0, 0.1) is 0 Å². The number of carbonyl (C=O) groups is 1.